The molecule has 1 unspecified atom stereocenters. The average Bonchev–Trinajstić information content (AvgIpc) is 2.45. The monoisotopic (exact) mass is 297 g/mol. The van der Waals surface area contributed by atoms with Crippen LogP contribution in [-0.2, 0) is 9.59 Å². The van der Waals surface area contributed by atoms with Gasteiger partial charge in [-0.1, -0.05) is 13.0 Å². The number of carboxylic acids is 1. The number of nitrogens with one attached hydrogen (secondary N) is 1. The van der Waals surface area contributed by atoms with Crippen molar-refractivity contribution >= 4 is 23.6 Å². The number of aliphatic carboxylic acids is 1. The van der Waals surface area contributed by atoms with E-state index in [1.54, 1.807) is 14.0 Å². The van der Waals surface area contributed by atoms with E-state index < -0.39 is 11.5 Å². The number of ether oxygens (including phenoxy) is 1. The van der Waals surface area contributed by atoms with E-state index in [-0.39, 0.29) is 11.7 Å². The summed E-state index contributed by atoms with van der Waals surface area (Å²) < 4.78 is 5.10. The molecule has 0 aliphatic carbocycles. The first-order chi connectivity index (χ1) is 9.41. The Morgan fingerprint density at radius 1 is 1.45 bits per heavy atom. The summed E-state index contributed by atoms with van der Waals surface area (Å²) >= 11 is 1.34. The molecule has 0 bridgehead atoms. The van der Waals surface area contributed by atoms with Crippen LogP contribution in [0.4, 0.5) is 0 Å². The van der Waals surface area contributed by atoms with Crippen molar-refractivity contribution in [3.05, 3.63) is 24.3 Å². The lowest BCUT2D eigenvalue weighted by Crippen LogP contribution is -2.52. The van der Waals surface area contributed by atoms with Gasteiger partial charge in [0.1, 0.15) is 11.3 Å². The summed E-state index contributed by atoms with van der Waals surface area (Å²) in [7, 11) is 1.58. The zero-order valence-electron chi connectivity index (χ0n) is 11.8. The Balaban J connectivity index is 2.57. The lowest BCUT2D eigenvalue weighted by Gasteiger charge is -2.24. The van der Waals surface area contributed by atoms with E-state index in [0.29, 0.717) is 6.42 Å². The smallest absolute Gasteiger partial charge is 0.329 e. The molecular weight excluding hydrogens is 278 g/mol. The van der Waals surface area contributed by atoms with E-state index in [2.05, 4.69) is 5.32 Å². The summed E-state index contributed by atoms with van der Waals surface area (Å²) in [5, 5.41) is 11.6. The molecule has 0 saturated heterocycles. The highest BCUT2D eigenvalue weighted by Gasteiger charge is 2.32. The summed E-state index contributed by atoms with van der Waals surface area (Å²) in [6.07, 6.45) is 0.331. The second-order valence-corrected chi connectivity index (χ2v) is 5.56. The Bertz CT molecular complexity index is 492. The van der Waals surface area contributed by atoms with Crippen LogP contribution in [0, 0.1) is 0 Å². The van der Waals surface area contributed by atoms with Gasteiger partial charge >= 0.3 is 5.97 Å². The molecular formula is C14H19NO4S. The Morgan fingerprint density at radius 2 is 2.15 bits per heavy atom. The third-order valence-electron chi connectivity index (χ3n) is 3.01. The summed E-state index contributed by atoms with van der Waals surface area (Å²) in [5.41, 5.74) is -1.22. The van der Waals surface area contributed by atoms with Crippen molar-refractivity contribution < 1.29 is 19.4 Å². The molecule has 2 N–H and O–H groups in total. The number of hydrogen-bond donors (Lipinski definition) is 2. The fourth-order valence-corrected chi connectivity index (χ4v) is 2.22. The maximum absolute atomic E-state index is 11.8. The molecule has 0 heterocycles. The topological polar surface area (TPSA) is 75.6 Å². The first-order valence-corrected chi connectivity index (χ1v) is 7.21. The Morgan fingerprint density at radius 3 is 2.70 bits per heavy atom. The standard InChI is InChI=1S/C14H19NO4S/c1-4-14(2,13(17)18)15-12(16)9-20-11-7-5-6-10(8-11)19-3/h5-8H,4,9H2,1-3H3,(H,15,16)(H,17,18). The van der Waals surface area contributed by atoms with E-state index in [1.165, 1.54) is 18.7 Å². The number of carboxylic acid groups (broad SMARTS) is 1. The molecule has 6 heteroatoms. The lowest BCUT2D eigenvalue weighted by atomic mass is 9.99. The van der Waals surface area contributed by atoms with Crippen molar-refractivity contribution in [3.8, 4) is 5.75 Å². The van der Waals surface area contributed by atoms with Gasteiger partial charge < -0.3 is 15.2 Å². The molecule has 20 heavy (non-hydrogen) atoms. The zero-order valence-corrected chi connectivity index (χ0v) is 12.6. The molecule has 0 saturated carbocycles. The minimum atomic E-state index is -1.22. The molecule has 0 aliphatic heterocycles. The number of carbonyl (C=O) groups excluding carboxylic acids is 1. The minimum Gasteiger partial charge on any atom is -0.497 e. The van der Waals surface area contributed by atoms with E-state index in [9.17, 15) is 9.59 Å². The highest BCUT2D eigenvalue weighted by molar-refractivity contribution is 8.00. The van der Waals surface area contributed by atoms with Crippen molar-refractivity contribution in [1.29, 1.82) is 0 Å². The number of rotatable bonds is 7. The van der Waals surface area contributed by atoms with Gasteiger partial charge in [0.25, 0.3) is 0 Å². The molecule has 1 aromatic carbocycles. The van der Waals surface area contributed by atoms with Gasteiger partial charge in [-0.25, -0.2) is 4.79 Å². The molecule has 0 fully saturated rings. The van der Waals surface area contributed by atoms with Crippen LogP contribution in [-0.4, -0.2) is 35.4 Å². The van der Waals surface area contributed by atoms with E-state index >= 15 is 0 Å². The Labute approximate surface area is 122 Å². The van der Waals surface area contributed by atoms with Crippen LogP contribution in [0.15, 0.2) is 29.2 Å². The third kappa shape index (κ3) is 4.45. The molecule has 0 spiro atoms. The van der Waals surface area contributed by atoms with Crippen LogP contribution in [0.1, 0.15) is 20.3 Å². The van der Waals surface area contributed by atoms with Crippen LogP contribution in [0.2, 0.25) is 0 Å². The van der Waals surface area contributed by atoms with Crippen LogP contribution in [0.25, 0.3) is 0 Å². The Hall–Kier alpha value is -1.69. The van der Waals surface area contributed by atoms with Crippen LogP contribution in [0.3, 0.4) is 0 Å². The van der Waals surface area contributed by atoms with Gasteiger partial charge in [-0.3, -0.25) is 4.79 Å². The van der Waals surface area contributed by atoms with Crippen molar-refractivity contribution in [3.63, 3.8) is 0 Å². The highest BCUT2D eigenvalue weighted by atomic mass is 32.2. The molecule has 1 amide bonds. The maximum Gasteiger partial charge on any atom is 0.329 e. The summed E-state index contributed by atoms with van der Waals surface area (Å²) in [6.45, 7) is 3.23. The first kappa shape index (κ1) is 16.4. The van der Waals surface area contributed by atoms with Gasteiger partial charge in [0.15, 0.2) is 0 Å². The molecule has 0 aliphatic rings. The lowest BCUT2D eigenvalue weighted by molar-refractivity contribution is -0.146. The van der Waals surface area contributed by atoms with Crippen LogP contribution in [0.5, 0.6) is 5.75 Å². The number of benzene rings is 1. The Kier molecular flexibility index (Phi) is 5.88. The maximum atomic E-state index is 11.8. The average molecular weight is 297 g/mol. The normalized spacial score (nSPS) is 13.3. The number of carbonyl (C=O) groups is 2. The largest absolute Gasteiger partial charge is 0.497 e. The van der Waals surface area contributed by atoms with Gasteiger partial charge in [-0.15, -0.1) is 11.8 Å². The molecule has 1 aromatic rings. The quantitative estimate of drug-likeness (QED) is 0.754. The summed E-state index contributed by atoms with van der Waals surface area (Å²) in [6, 6.07) is 7.36. The molecule has 5 nitrogen and oxygen atoms in total. The number of thioether (sulfide) groups is 1. The van der Waals surface area contributed by atoms with Crippen LogP contribution < -0.4 is 10.1 Å². The third-order valence-corrected chi connectivity index (χ3v) is 4.00. The summed E-state index contributed by atoms with van der Waals surface area (Å²) in [4.78, 5) is 23.8. The number of hydrogen-bond acceptors (Lipinski definition) is 4. The number of amides is 1. The fraction of sp³-hybridized carbons (Fsp3) is 0.429. The predicted molar refractivity (Wildman–Crippen MR) is 78.2 cm³/mol. The van der Waals surface area contributed by atoms with Crippen molar-refractivity contribution in [2.24, 2.45) is 0 Å². The van der Waals surface area contributed by atoms with E-state index in [0.717, 1.165) is 10.6 Å². The first-order valence-electron chi connectivity index (χ1n) is 6.22. The van der Waals surface area contributed by atoms with Crippen molar-refractivity contribution in [2.75, 3.05) is 12.9 Å². The second kappa shape index (κ2) is 7.19. The summed E-state index contributed by atoms with van der Waals surface area (Å²) in [5.74, 6) is -0.445. The second-order valence-electron chi connectivity index (χ2n) is 4.51. The fourth-order valence-electron chi connectivity index (χ4n) is 1.48. The molecule has 1 atom stereocenters. The van der Waals surface area contributed by atoms with E-state index in [1.807, 2.05) is 24.3 Å². The van der Waals surface area contributed by atoms with Crippen molar-refractivity contribution in [2.45, 2.75) is 30.7 Å². The van der Waals surface area contributed by atoms with Gasteiger partial charge in [-0.05, 0) is 31.5 Å². The van der Waals surface area contributed by atoms with E-state index in [4.69, 9.17) is 9.84 Å². The molecule has 0 radical (unpaired) electrons. The zero-order chi connectivity index (χ0) is 15.2. The van der Waals surface area contributed by atoms with Gasteiger partial charge in [0.05, 0.1) is 12.9 Å². The minimum absolute atomic E-state index is 0.163. The van der Waals surface area contributed by atoms with Gasteiger partial charge in [-0.2, -0.15) is 0 Å². The molecule has 0 aromatic heterocycles. The highest BCUT2D eigenvalue weighted by Crippen LogP contribution is 2.22. The van der Waals surface area contributed by atoms with Gasteiger partial charge in [0.2, 0.25) is 5.91 Å². The van der Waals surface area contributed by atoms with Gasteiger partial charge in [0, 0.05) is 4.90 Å². The predicted octanol–water partition coefficient (Wildman–Crippen LogP) is 2.16. The molecule has 1 rings (SSSR count). The van der Waals surface area contributed by atoms with Crippen LogP contribution >= 0.6 is 11.8 Å². The molecule has 110 valence electrons. The number of methoxy groups -OCH3 is 1. The van der Waals surface area contributed by atoms with Crippen molar-refractivity contribution in [1.82, 2.24) is 5.32 Å². The SMILES string of the molecule is CCC(C)(NC(=O)CSc1cccc(OC)c1)C(=O)O.